The van der Waals surface area contributed by atoms with E-state index in [0.717, 1.165) is 24.2 Å². The normalized spacial score (nSPS) is 10.7. The molecule has 4 heteroatoms. The van der Waals surface area contributed by atoms with E-state index in [2.05, 4.69) is 5.10 Å². The van der Waals surface area contributed by atoms with Crippen molar-refractivity contribution in [1.29, 1.82) is 0 Å². The van der Waals surface area contributed by atoms with Crippen LogP contribution in [0.2, 0.25) is 0 Å². The van der Waals surface area contributed by atoms with Crippen molar-refractivity contribution in [2.75, 3.05) is 0 Å². The molecule has 0 aliphatic carbocycles. The van der Waals surface area contributed by atoms with Crippen LogP contribution >= 0.6 is 0 Å². The molecule has 0 unspecified atom stereocenters. The first kappa shape index (κ1) is 13.5. The van der Waals surface area contributed by atoms with Gasteiger partial charge in [0.2, 0.25) is 0 Å². The van der Waals surface area contributed by atoms with Crippen LogP contribution in [0.5, 0.6) is 0 Å². The lowest BCUT2D eigenvalue weighted by molar-refractivity contribution is 0.101. The van der Waals surface area contributed by atoms with Crippen molar-refractivity contribution in [1.82, 2.24) is 9.78 Å². The van der Waals surface area contributed by atoms with E-state index in [1.165, 1.54) is 13.0 Å². The smallest absolute Gasteiger partial charge is 0.162 e. The fourth-order valence-electron chi connectivity index (χ4n) is 2.11. The molecule has 0 N–H and O–H groups in total. The van der Waals surface area contributed by atoms with E-state index in [0.29, 0.717) is 5.56 Å². The number of aromatic nitrogens is 2. The Morgan fingerprint density at radius 3 is 2.63 bits per heavy atom. The van der Waals surface area contributed by atoms with E-state index >= 15 is 0 Å². The molecule has 0 aliphatic heterocycles. The number of Topliss-reactive ketones (excluding diaryl/α,β-unsaturated/α-hetero) is 1. The van der Waals surface area contributed by atoms with Gasteiger partial charge in [-0.15, -0.1) is 0 Å². The van der Waals surface area contributed by atoms with Crippen LogP contribution in [0.4, 0.5) is 4.39 Å². The van der Waals surface area contributed by atoms with E-state index in [1.54, 1.807) is 16.8 Å². The molecule has 100 valence electrons. The molecular formula is C15H17FN2O. The van der Waals surface area contributed by atoms with Gasteiger partial charge in [-0.2, -0.15) is 5.10 Å². The van der Waals surface area contributed by atoms with Crippen molar-refractivity contribution in [2.45, 2.75) is 33.6 Å². The molecule has 1 aromatic heterocycles. The van der Waals surface area contributed by atoms with Crippen LogP contribution in [0.1, 0.15) is 42.5 Å². The molecule has 0 spiro atoms. The summed E-state index contributed by atoms with van der Waals surface area (Å²) in [4.78, 5) is 11.7. The summed E-state index contributed by atoms with van der Waals surface area (Å²) in [6, 6.07) is 6.49. The zero-order chi connectivity index (χ0) is 14.0. The summed E-state index contributed by atoms with van der Waals surface area (Å²) in [6.45, 7) is 5.43. The minimum Gasteiger partial charge on any atom is -0.294 e. The second-order valence-electron chi connectivity index (χ2n) is 4.44. The Labute approximate surface area is 112 Å². The number of hydrogen-bond acceptors (Lipinski definition) is 2. The Hall–Kier alpha value is -1.97. The molecule has 0 amide bonds. The fraction of sp³-hybridized carbons (Fsp3) is 0.333. The van der Waals surface area contributed by atoms with Gasteiger partial charge < -0.3 is 0 Å². The highest BCUT2D eigenvalue weighted by molar-refractivity contribution is 5.97. The van der Waals surface area contributed by atoms with Crippen LogP contribution in [0.15, 0.2) is 24.3 Å². The highest BCUT2D eigenvalue weighted by Crippen LogP contribution is 2.22. The molecule has 1 heterocycles. The summed E-state index contributed by atoms with van der Waals surface area (Å²) in [5, 5.41) is 4.40. The van der Waals surface area contributed by atoms with E-state index in [9.17, 15) is 9.18 Å². The average molecular weight is 260 g/mol. The lowest BCUT2D eigenvalue weighted by Gasteiger charge is -2.11. The quantitative estimate of drug-likeness (QED) is 0.790. The highest BCUT2D eigenvalue weighted by atomic mass is 19.1. The third-order valence-corrected chi connectivity index (χ3v) is 3.14. The Morgan fingerprint density at radius 1 is 1.32 bits per heavy atom. The number of hydrogen-bond donors (Lipinski definition) is 0. The molecule has 0 saturated carbocycles. The molecule has 2 rings (SSSR count). The largest absolute Gasteiger partial charge is 0.294 e. The summed E-state index contributed by atoms with van der Waals surface area (Å²) in [6.07, 6.45) is 1.52. The monoisotopic (exact) mass is 260 g/mol. The summed E-state index contributed by atoms with van der Waals surface area (Å²) in [7, 11) is 0. The van der Waals surface area contributed by atoms with E-state index < -0.39 is 5.82 Å². The van der Waals surface area contributed by atoms with Crippen LogP contribution in [0.25, 0.3) is 5.69 Å². The zero-order valence-electron chi connectivity index (χ0n) is 11.4. The van der Waals surface area contributed by atoms with Gasteiger partial charge in [-0.05, 0) is 38.0 Å². The van der Waals surface area contributed by atoms with Gasteiger partial charge >= 0.3 is 0 Å². The van der Waals surface area contributed by atoms with Crippen LogP contribution in [-0.2, 0) is 12.8 Å². The van der Waals surface area contributed by atoms with Gasteiger partial charge in [0.05, 0.1) is 5.69 Å². The Bertz CT molecular complexity index is 617. The number of benzene rings is 1. The lowest BCUT2D eigenvalue weighted by Crippen LogP contribution is -2.10. The maximum Gasteiger partial charge on any atom is 0.162 e. The lowest BCUT2D eigenvalue weighted by atomic mass is 10.1. The van der Waals surface area contributed by atoms with Gasteiger partial charge in [-0.25, -0.2) is 9.07 Å². The third-order valence-electron chi connectivity index (χ3n) is 3.14. The van der Waals surface area contributed by atoms with E-state index in [1.807, 2.05) is 19.9 Å². The Morgan fingerprint density at radius 2 is 2.05 bits per heavy atom. The highest BCUT2D eigenvalue weighted by Gasteiger charge is 2.17. The summed E-state index contributed by atoms with van der Waals surface area (Å²) >= 11 is 0. The molecule has 0 aliphatic rings. The summed E-state index contributed by atoms with van der Waals surface area (Å²) in [5.41, 5.74) is 2.42. The van der Waals surface area contributed by atoms with Gasteiger partial charge in [0.25, 0.3) is 0 Å². The fourth-order valence-corrected chi connectivity index (χ4v) is 2.11. The van der Waals surface area contributed by atoms with Gasteiger partial charge in [0.15, 0.2) is 5.78 Å². The maximum atomic E-state index is 14.1. The number of rotatable bonds is 4. The minimum absolute atomic E-state index is 0.162. The maximum absolute atomic E-state index is 14.1. The Balaban J connectivity index is 2.70. The van der Waals surface area contributed by atoms with Crippen LogP contribution in [0, 0.1) is 5.82 Å². The third kappa shape index (κ3) is 2.43. The van der Waals surface area contributed by atoms with Crippen LogP contribution in [-0.4, -0.2) is 15.6 Å². The molecule has 2 aromatic rings. The van der Waals surface area contributed by atoms with E-state index in [4.69, 9.17) is 0 Å². The van der Waals surface area contributed by atoms with Gasteiger partial charge in [0, 0.05) is 11.3 Å². The number of halogens is 1. The predicted octanol–water partition coefficient (Wildman–Crippen LogP) is 3.34. The number of ketones is 1. The number of aryl methyl sites for hydroxylation is 2. The van der Waals surface area contributed by atoms with Crippen molar-refractivity contribution in [3.8, 4) is 5.69 Å². The van der Waals surface area contributed by atoms with Crippen molar-refractivity contribution in [3.05, 3.63) is 47.0 Å². The molecule has 0 bridgehead atoms. The van der Waals surface area contributed by atoms with E-state index in [-0.39, 0.29) is 11.5 Å². The molecule has 19 heavy (non-hydrogen) atoms. The number of para-hydroxylation sites is 1. The van der Waals surface area contributed by atoms with Gasteiger partial charge in [0.1, 0.15) is 11.5 Å². The van der Waals surface area contributed by atoms with Crippen LogP contribution < -0.4 is 0 Å². The van der Waals surface area contributed by atoms with Crippen molar-refractivity contribution < 1.29 is 9.18 Å². The minimum atomic E-state index is -0.423. The molecule has 0 atom stereocenters. The molecule has 1 aromatic carbocycles. The standard InChI is InChI=1S/C15H17FN2O/c1-4-11-9-12(5-2)18(17-11)15-13(10(3)19)7-6-8-14(15)16/h6-9H,4-5H2,1-3H3. The molecule has 0 radical (unpaired) electrons. The first-order valence-electron chi connectivity index (χ1n) is 6.46. The molecule has 0 fully saturated rings. The SMILES string of the molecule is CCc1cc(CC)n(-c2c(F)cccc2C(C)=O)n1. The Kier molecular flexibility index (Phi) is 3.79. The second kappa shape index (κ2) is 5.34. The summed E-state index contributed by atoms with van der Waals surface area (Å²) in [5.74, 6) is -0.585. The molecule has 3 nitrogen and oxygen atoms in total. The number of carbonyl (C=O) groups is 1. The zero-order valence-corrected chi connectivity index (χ0v) is 11.4. The van der Waals surface area contributed by atoms with Gasteiger partial charge in [-0.3, -0.25) is 4.79 Å². The van der Waals surface area contributed by atoms with Crippen molar-refractivity contribution in [3.63, 3.8) is 0 Å². The number of carbonyl (C=O) groups excluding carboxylic acids is 1. The second-order valence-corrected chi connectivity index (χ2v) is 4.44. The number of nitrogens with zero attached hydrogens (tertiary/aromatic N) is 2. The molecular weight excluding hydrogens is 243 g/mol. The summed E-state index contributed by atoms with van der Waals surface area (Å²) < 4.78 is 15.7. The molecule has 0 saturated heterocycles. The van der Waals surface area contributed by atoms with Gasteiger partial charge in [-0.1, -0.05) is 19.9 Å². The topological polar surface area (TPSA) is 34.9 Å². The predicted molar refractivity (Wildman–Crippen MR) is 72.3 cm³/mol. The van der Waals surface area contributed by atoms with Crippen molar-refractivity contribution >= 4 is 5.78 Å². The average Bonchev–Trinajstić information content (AvgIpc) is 2.81. The van der Waals surface area contributed by atoms with Crippen LogP contribution in [0.3, 0.4) is 0 Å². The first-order valence-corrected chi connectivity index (χ1v) is 6.46. The van der Waals surface area contributed by atoms with Crippen molar-refractivity contribution in [2.24, 2.45) is 0 Å². The first-order chi connectivity index (χ1) is 9.08.